The molecule has 1 heterocycles. The van der Waals surface area contributed by atoms with Crippen LogP contribution in [0.2, 0.25) is 0 Å². The Kier molecular flexibility index (Phi) is 5.04. The molecule has 1 aromatic heterocycles. The molecule has 1 atom stereocenters. The standard InChI is InChI=1S/C18H22N4OS/c1-4-12-22-16(14-10-11-14)19-20-18(22)24-13(2)17(23)21(3)15-8-6-5-7-9-15/h4-9,13-14H,1,10-12H2,2-3H3. The van der Waals surface area contributed by atoms with Gasteiger partial charge in [-0.15, -0.1) is 16.8 Å². The Morgan fingerprint density at radius 2 is 2.12 bits per heavy atom. The molecular weight excluding hydrogens is 320 g/mol. The maximum absolute atomic E-state index is 12.7. The lowest BCUT2D eigenvalue weighted by Gasteiger charge is -2.21. The average molecular weight is 342 g/mol. The predicted molar refractivity (Wildman–Crippen MR) is 97.4 cm³/mol. The van der Waals surface area contributed by atoms with Gasteiger partial charge in [0.2, 0.25) is 5.91 Å². The summed E-state index contributed by atoms with van der Waals surface area (Å²) in [5.74, 6) is 1.59. The van der Waals surface area contributed by atoms with Gasteiger partial charge >= 0.3 is 0 Å². The molecule has 0 spiro atoms. The van der Waals surface area contributed by atoms with Gasteiger partial charge in [0.05, 0.1) is 5.25 Å². The summed E-state index contributed by atoms with van der Waals surface area (Å²) in [6.45, 7) is 6.41. The number of para-hydroxylation sites is 1. The maximum atomic E-state index is 12.7. The van der Waals surface area contributed by atoms with Gasteiger partial charge in [-0.25, -0.2) is 0 Å². The van der Waals surface area contributed by atoms with E-state index in [4.69, 9.17) is 0 Å². The molecule has 0 bridgehead atoms. The van der Waals surface area contributed by atoms with Gasteiger partial charge in [-0.2, -0.15) is 0 Å². The molecule has 2 aromatic rings. The summed E-state index contributed by atoms with van der Waals surface area (Å²) in [6.07, 6.45) is 4.19. The molecule has 0 radical (unpaired) electrons. The van der Waals surface area contributed by atoms with Crippen molar-refractivity contribution < 1.29 is 4.79 Å². The predicted octanol–water partition coefficient (Wildman–Crippen LogP) is 3.49. The van der Waals surface area contributed by atoms with Crippen LogP contribution in [-0.2, 0) is 11.3 Å². The van der Waals surface area contributed by atoms with Crippen LogP contribution in [0, 0.1) is 0 Å². The smallest absolute Gasteiger partial charge is 0.240 e. The third kappa shape index (κ3) is 3.53. The summed E-state index contributed by atoms with van der Waals surface area (Å²) in [5.41, 5.74) is 0.890. The van der Waals surface area contributed by atoms with E-state index in [-0.39, 0.29) is 11.2 Å². The first-order valence-corrected chi connectivity index (χ1v) is 9.03. The fraction of sp³-hybridized carbons (Fsp3) is 0.389. The zero-order valence-electron chi connectivity index (χ0n) is 14.1. The Hall–Kier alpha value is -2.08. The molecule has 126 valence electrons. The third-order valence-corrected chi connectivity index (χ3v) is 5.17. The van der Waals surface area contributed by atoms with E-state index in [1.807, 2.05) is 43.3 Å². The van der Waals surface area contributed by atoms with E-state index in [1.54, 1.807) is 11.9 Å². The van der Waals surface area contributed by atoms with Crippen LogP contribution in [-0.4, -0.2) is 33.0 Å². The number of aromatic nitrogens is 3. The van der Waals surface area contributed by atoms with Crippen LogP contribution in [0.25, 0.3) is 0 Å². The van der Waals surface area contributed by atoms with E-state index in [0.717, 1.165) is 16.7 Å². The molecule has 1 aliphatic carbocycles. The summed E-state index contributed by atoms with van der Waals surface area (Å²) >= 11 is 1.46. The van der Waals surface area contributed by atoms with Gasteiger partial charge < -0.3 is 9.47 Å². The molecule has 1 aromatic carbocycles. The minimum atomic E-state index is -0.241. The van der Waals surface area contributed by atoms with Crippen LogP contribution in [0.15, 0.2) is 48.1 Å². The highest BCUT2D eigenvalue weighted by Gasteiger charge is 2.31. The highest BCUT2D eigenvalue weighted by Crippen LogP contribution is 2.40. The quantitative estimate of drug-likeness (QED) is 0.571. The Morgan fingerprint density at radius 1 is 1.42 bits per heavy atom. The summed E-state index contributed by atoms with van der Waals surface area (Å²) in [6, 6.07) is 9.66. The molecule has 1 saturated carbocycles. The molecule has 1 amide bonds. The molecule has 0 N–H and O–H groups in total. The third-order valence-electron chi connectivity index (χ3n) is 4.10. The van der Waals surface area contributed by atoms with Crippen molar-refractivity contribution >= 4 is 23.4 Å². The molecular formula is C18H22N4OS. The summed E-state index contributed by atoms with van der Waals surface area (Å²) in [4.78, 5) is 14.4. The van der Waals surface area contributed by atoms with Crippen LogP contribution < -0.4 is 4.90 Å². The lowest BCUT2D eigenvalue weighted by molar-refractivity contribution is -0.117. The minimum Gasteiger partial charge on any atom is -0.315 e. The number of benzene rings is 1. The van der Waals surface area contributed by atoms with Gasteiger partial charge in [-0.3, -0.25) is 4.79 Å². The van der Waals surface area contributed by atoms with E-state index in [9.17, 15) is 4.79 Å². The number of hydrogen-bond donors (Lipinski definition) is 0. The number of thioether (sulfide) groups is 1. The average Bonchev–Trinajstić information content (AvgIpc) is 3.38. The number of amides is 1. The van der Waals surface area contributed by atoms with Crippen molar-refractivity contribution in [3.05, 3.63) is 48.8 Å². The lowest BCUT2D eigenvalue weighted by Crippen LogP contribution is -2.33. The van der Waals surface area contributed by atoms with Gasteiger partial charge in [0, 0.05) is 25.2 Å². The van der Waals surface area contributed by atoms with E-state index in [2.05, 4.69) is 21.3 Å². The topological polar surface area (TPSA) is 51.0 Å². The Morgan fingerprint density at radius 3 is 2.75 bits per heavy atom. The fourth-order valence-electron chi connectivity index (χ4n) is 2.59. The van der Waals surface area contributed by atoms with Gasteiger partial charge in [0.15, 0.2) is 5.16 Å². The maximum Gasteiger partial charge on any atom is 0.240 e. The number of rotatable bonds is 7. The number of nitrogens with zero attached hydrogens (tertiary/aromatic N) is 4. The monoisotopic (exact) mass is 342 g/mol. The van der Waals surface area contributed by atoms with Crippen molar-refractivity contribution in [3.8, 4) is 0 Å². The van der Waals surface area contributed by atoms with Crippen molar-refractivity contribution in [2.75, 3.05) is 11.9 Å². The second-order valence-electron chi connectivity index (χ2n) is 6.01. The first kappa shape index (κ1) is 16.8. The number of anilines is 1. The van der Waals surface area contributed by atoms with Gasteiger partial charge in [0.1, 0.15) is 5.82 Å². The molecule has 6 heteroatoms. The van der Waals surface area contributed by atoms with Crippen LogP contribution >= 0.6 is 11.8 Å². The van der Waals surface area contributed by atoms with Gasteiger partial charge in [-0.1, -0.05) is 36.0 Å². The highest BCUT2D eigenvalue weighted by atomic mass is 32.2. The van der Waals surface area contributed by atoms with Gasteiger partial charge in [0.25, 0.3) is 0 Å². The normalized spacial score (nSPS) is 15.1. The Bertz CT molecular complexity index is 724. The number of allylic oxidation sites excluding steroid dienone is 1. The molecule has 0 saturated heterocycles. The summed E-state index contributed by atoms with van der Waals surface area (Å²) < 4.78 is 2.08. The van der Waals surface area contributed by atoms with E-state index < -0.39 is 0 Å². The van der Waals surface area contributed by atoms with Crippen molar-refractivity contribution in [1.29, 1.82) is 0 Å². The molecule has 3 rings (SSSR count). The molecule has 24 heavy (non-hydrogen) atoms. The molecule has 5 nitrogen and oxygen atoms in total. The number of hydrogen-bond acceptors (Lipinski definition) is 4. The molecule has 1 fully saturated rings. The van der Waals surface area contributed by atoms with E-state index >= 15 is 0 Å². The highest BCUT2D eigenvalue weighted by molar-refractivity contribution is 8.00. The number of carbonyl (C=O) groups excluding carboxylic acids is 1. The Balaban J connectivity index is 1.73. The summed E-state index contributed by atoms with van der Waals surface area (Å²) in [5, 5.41) is 9.19. The van der Waals surface area contributed by atoms with Crippen LogP contribution in [0.3, 0.4) is 0 Å². The molecule has 1 aliphatic rings. The van der Waals surface area contributed by atoms with Crippen molar-refractivity contribution in [2.24, 2.45) is 0 Å². The second-order valence-corrected chi connectivity index (χ2v) is 7.32. The first-order valence-electron chi connectivity index (χ1n) is 8.15. The first-order chi connectivity index (χ1) is 11.6. The zero-order valence-corrected chi connectivity index (χ0v) is 14.9. The largest absolute Gasteiger partial charge is 0.315 e. The van der Waals surface area contributed by atoms with Crippen LogP contribution in [0.1, 0.15) is 31.5 Å². The van der Waals surface area contributed by atoms with Crippen LogP contribution in [0.4, 0.5) is 5.69 Å². The lowest BCUT2D eigenvalue weighted by atomic mass is 10.3. The second kappa shape index (κ2) is 7.21. The fourth-order valence-corrected chi connectivity index (χ4v) is 3.55. The van der Waals surface area contributed by atoms with Crippen molar-refractivity contribution in [2.45, 2.75) is 42.6 Å². The zero-order chi connectivity index (χ0) is 17.1. The minimum absolute atomic E-state index is 0.0484. The van der Waals surface area contributed by atoms with Crippen LogP contribution in [0.5, 0.6) is 0 Å². The van der Waals surface area contributed by atoms with E-state index in [1.165, 1.54) is 24.6 Å². The molecule has 1 unspecified atom stereocenters. The Labute approximate surface area is 146 Å². The number of carbonyl (C=O) groups is 1. The van der Waals surface area contributed by atoms with Crippen molar-refractivity contribution in [1.82, 2.24) is 14.8 Å². The van der Waals surface area contributed by atoms with Crippen molar-refractivity contribution in [3.63, 3.8) is 0 Å². The summed E-state index contributed by atoms with van der Waals surface area (Å²) in [7, 11) is 1.80. The SMILES string of the molecule is C=CCn1c(SC(C)C(=O)N(C)c2ccccc2)nnc1C1CC1. The van der Waals surface area contributed by atoms with Gasteiger partial charge in [-0.05, 0) is 31.9 Å². The molecule has 0 aliphatic heterocycles. The van der Waals surface area contributed by atoms with E-state index in [0.29, 0.717) is 12.5 Å².